The Kier molecular flexibility index (Phi) is 9.29. The number of aromatic nitrogens is 1. The van der Waals surface area contributed by atoms with Gasteiger partial charge in [0, 0.05) is 62.7 Å². The van der Waals surface area contributed by atoms with Crippen molar-refractivity contribution in [1.29, 1.82) is 0 Å². The second-order valence-electron chi connectivity index (χ2n) is 8.41. The van der Waals surface area contributed by atoms with Crippen molar-refractivity contribution in [3.63, 3.8) is 0 Å². The van der Waals surface area contributed by atoms with Crippen LogP contribution in [0.15, 0.2) is 108 Å². The molecule has 4 nitrogen and oxygen atoms in total. The summed E-state index contributed by atoms with van der Waals surface area (Å²) in [5.74, 6) is 0. The first-order valence-corrected chi connectivity index (χ1v) is 14.5. The van der Waals surface area contributed by atoms with Crippen LogP contribution in [0.4, 0.5) is 11.4 Å². The molecule has 1 aromatic heterocycles. The number of benzene rings is 4. The zero-order chi connectivity index (χ0) is 26.5. The highest BCUT2D eigenvalue weighted by Crippen LogP contribution is 2.31. The Hall–Kier alpha value is -2.39. The molecule has 37 heavy (non-hydrogen) atoms. The molecule has 0 amide bonds. The maximum atomic E-state index is 6.05. The highest BCUT2D eigenvalue weighted by Gasteiger charge is 2.07. The fourth-order valence-electron chi connectivity index (χ4n) is 3.78. The third-order valence-electron chi connectivity index (χ3n) is 5.70. The van der Waals surface area contributed by atoms with Gasteiger partial charge < -0.3 is 16.5 Å². The maximum Gasteiger partial charge on any atom is 0.0643 e. The largest absolute Gasteiger partial charge is 0.398 e. The molecule has 0 aliphatic rings. The molecule has 8 heteroatoms. The Morgan fingerprint density at radius 1 is 0.703 bits per heavy atom. The lowest BCUT2D eigenvalue weighted by atomic mass is 10.1. The van der Waals surface area contributed by atoms with Crippen LogP contribution in [-0.4, -0.2) is 10.7 Å². The lowest BCUT2D eigenvalue weighted by Crippen LogP contribution is -2.01. The molecule has 5 rings (SSSR count). The van der Waals surface area contributed by atoms with Crippen LogP contribution in [0.2, 0.25) is 0 Å². The molecule has 0 atom stereocenters. The van der Waals surface area contributed by atoms with Gasteiger partial charge in [0.1, 0.15) is 0 Å². The number of fused-ring (bicyclic) bond motifs is 1. The Balaban J connectivity index is 0.000000173. The number of nitrogens with zero attached hydrogens (tertiary/aromatic N) is 1. The summed E-state index contributed by atoms with van der Waals surface area (Å²) in [6.45, 7) is 2.65. The monoisotopic (exact) mass is 744 g/mol. The lowest BCUT2D eigenvalue weighted by molar-refractivity contribution is 1.06. The Morgan fingerprint density at radius 2 is 1.30 bits per heavy atom. The maximum absolute atomic E-state index is 6.05. The summed E-state index contributed by atoms with van der Waals surface area (Å²) in [5.41, 5.74) is 19.8. The molecule has 5 N–H and O–H groups in total. The van der Waals surface area contributed by atoms with E-state index in [-0.39, 0.29) is 0 Å². The van der Waals surface area contributed by atoms with E-state index in [0.717, 1.165) is 57.3 Å². The average Bonchev–Trinajstić information content (AvgIpc) is 3.26. The van der Waals surface area contributed by atoms with Crippen LogP contribution in [0.25, 0.3) is 22.2 Å². The summed E-state index contributed by atoms with van der Waals surface area (Å²) in [7, 11) is 0. The van der Waals surface area contributed by atoms with Crippen LogP contribution in [0.5, 0.6) is 0 Å². The van der Waals surface area contributed by atoms with Crippen molar-refractivity contribution < 1.29 is 0 Å². The predicted octanol–water partition coefficient (Wildman–Crippen LogP) is 9.75. The van der Waals surface area contributed by atoms with E-state index < -0.39 is 0 Å². The number of anilines is 2. The summed E-state index contributed by atoms with van der Waals surface area (Å²) in [6.07, 6.45) is 0. The predicted molar refractivity (Wildman–Crippen MR) is 172 cm³/mol. The molecule has 4 aromatic carbocycles. The van der Waals surface area contributed by atoms with Crippen molar-refractivity contribution in [2.45, 2.75) is 13.5 Å². The summed E-state index contributed by atoms with van der Waals surface area (Å²) in [4.78, 5) is 7.97. The number of rotatable bonds is 4. The molecule has 0 aliphatic carbocycles. The van der Waals surface area contributed by atoms with E-state index in [2.05, 4.69) is 104 Å². The van der Waals surface area contributed by atoms with Crippen LogP contribution < -0.4 is 11.5 Å². The zero-order valence-corrected chi connectivity index (χ0v) is 26.2. The summed E-state index contributed by atoms with van der Waals surface area (Å²) >= 11 is 13.7. The van der Waals surface area contributed by atoms with Gasteiger partial charge in [0.2, 0.25) is 0 Å². The van der Waals surface area contributed by atoms with E-state index >= 15 is 0 Å². The summed E-state index contributed by atoms with van der Waals surface area (Å²) in [6, 6.07) is 28.2. The molecule has 0 unspecified atom stereocenters. The number of H-pyrrole nitrogens is 1. The minimum absolute atomic E-state index is 0.661. The molecule has 0 saturated heterocycles. The molecule has 1 heterocycles. The topological polar surface area (TPSA) is 80.2 Å². The molecule has 0 aliphatic heterocycles. The van der Waals surface area contributed by atoms with Crippen molar-refractivity contribution in [3.05, 3.63) is 114 Å². The Bertz CT molecular complexity index is 1570. The first-order chi connectivity index (χ1) is 17.7. The number of aliphatic imine (C=N–C) groups is 1. The molecular weight excluding hydrogens is 724 g/mol. The number of hydrogen-bond donors (Lipinski definition) is 3. The third kappa shape index (κ3) is 7.35. The SMILES string of the molecule is CC(=NCc1ccc(Br)cc1)c1ccc(Br)cc1N.Nc1cc(Br)ccc1-c1cc2cc(Br)ccc2[nH]1. The number of halogens is 4. The van der Waals surface area contributed by atoms with Crippen LogP contribution in [0.1, 0.15) is 18.1 Å². The normalized spacial score (nSPS) is 11.3. The second kappa shape index (κ2) is 12.4. The zero-order valence-electron chi connectivity index (χ0n) is 19.9. The van der Waals surface area contributed by atoms with E-state index in [1.54, 1.807) is 0 Å². The van der Waals surface area contributed by atoms with Crippen molar-refractivity contribution in [2.75, 3.05) is 11.5 Å². The second-order valence-corrected chi connectivity index (χ2v) is 12.1. The van der Waals surface area contributed by atoms with Gasteiger partial charge in [-0.1, -0.05) is 75.9 Å². The Labute approximate surface area is 250 Å². The highest BCUT2D eigenvalue weighted by atomic mass is 79.9. The number of nitrogen functional groups attached to an aromatic ring is 2. The van der Waals surface area contributed by atoms with Crippen molar-refractivity contribution >= 4 is 91.7 Å². The van der Waals surface area contributed by atoms with E-state index in [1.807, 2.05) is 61.5 Å². The van der Waals surface area contributed by atoms with Gasteiger partial charge in [-0.3, -0.25) is 4.99 Å². The molecule has 0 radical (unpaired) electrons. The minimum Gasteiger partial charge on any atom is -0.398 e. The van der Waals surface area contributed by atoms with Gasteiger partial charge in [-0.2, -0.15) is 0 Å². The summed E-state index contributed by atoms with van der Waals surface area (Å²) in [5, 5.41) is 1.17. The quantitative estimate of drug-likeness (QED) is 0.127. The molecule has 0 saturated carbocycles. The lowest BCUT2D eigenvalue weighted by Gasteiger charge is -2.06. The van der Waals surface area contributed by atoms with Gasteiger partial charge >= 0.3 is 0 Å². The molecule has 5 aromatic rings. The van der Waals surface area contributed by atoms with E-state index in [1.165, 1.54) is 10.9 Å². The van der Waals surface area contributed by atoms with Gasteiger partial charge in [-0.25, -0.2) is 0 Å². The van der Waals surface area contributed by atoms with Gasteiger partial charge in [-0.05, 0) is 85.3 Å². The van der Waals surface area contributed by atoms with Crippen LogP contribution in [0.3, 0.4) is 0 Å². The smallest absolute Gasteiger partial charge is 0.0643 e. The standard InChI is InChI=1S/C15H14Br2N2.C14H10Br2N2/c1-10(14-7-6-13(17)8-15(14)18)19-9-11-2-4-12(16)5-3-11;15-9-2-4-13-8(5-9)6-14(18-13)11-3-1-10(16)7-12(11)17/h2-8H,9,18H2,1H3;1-7,18H,17H2. The van der Waals surface area contributed by atoms with E-state index in [4.69, 9.17) is 11.5 Å². The van der Waals surface area contributed by atoms with Crippen molar-refractivity contribution in [2.24, 2.45) is 4.99 Å². The average molecular weight is 748 g/mol. The van der Waals surface area contributed by atoms with Crippen LogP contribution in [-0.2, 0) is 6.54 Å². The first kappa shape index (κ1) is 27.6. The van der Waals surface area contributed by atoms with Gasteiger partial charge in [-0.15, -0.1) is 0 Å². The first-order valence-electron chi connectivity index (χ1n) is 11.3. The third-order valence-corrected chi connectivity index (χ3v) is 7.71. The van der Waals surface area contributed by atoms with Gasteiger partial charge in [0.15, 0.2) is 0 Å². The molecule has 188 valence electrons. The summed E-state index contributed by atoms with van der Waals surface area (Å²) < 4.78 is 4.12. The number of nitrogens with two attached hydrogens (primary N) is 2. The van der Waals surface area contributed by atoms with Crippen molar-refractivity contribution in [1.82, 2.24) is 4.98 Å². The van der Waals surface area contributed by atoms with Crippen molar-refractivity contribution in [3.8, 4) is 11.3 Å². The van der Waals surface area contributed by atoms with Gasteiger partial charge in [0.25, 0.3) is 0 Å². The van der Waals surface area contributed by atoms with E-state index in [0.29, 0.717) is 6.54 Å². The Morgan fingerprint density at radius 3 is 1.97 bits per heavy atom. The number of aromatic amines is 1. The van der Waals surface area contributed by atoms with E-state index in [9.17, 15) is 0 Å². The minimum atomic E-state index is 0.661. The molecular formula is C29H24Br4N4. The number of hydrogen-bond acceptors (Lipinski definition) is 3. The molecule has 0 spiro atoms. The van der Waals surface area contributed by atoms with Crippen LogP contribution >= 0.6 is 63.7 Å². The molecule has 0 fully saturated rings. The fourth-order valence-corrected chi connectivity index (χ4v) is 5.18. The highest BCUT2D eigenvalue weighted by molar-refractivity contribution is 9.11. The van der Waals surface area contributed by atoms with Crippen LogP contribution in [0, 0.1) is 0 Å². The van der Waals surface area contributed by atoms with Gasteiger partial charge in [0.05, 0.1) is 6.54 Å². The fraction of sp³-hybridized carbons (Fsp3) is 0.0690. The number of nitrogens with one attached hydrogen (secondary N) is 1. The molecule has 0 bridgehead atoms.